The van der Waals surface area contributed by atoms with Crippen molar-refractivity contribution in [2.75, 3.05) is 152 Å². The summed E-state index contributed by atoms with van der Waals surface area (Å²) in [5, 5.41) is 2.64. The summed E-state index contributed by atoms with van der Waals surface area (Å²) < 4.78 is 64.7. The average molecular weight is 664 g/mol. The SMILES string of the molecule is CCOCCOCCOCCOCCOCCOCCOCCOCCOCCOCCOCCNC(=O)OCc1ccccc1. The molecule has 268 valence electrons. The molecule has 0 atom stereocenters. The molecule has 14 heteroatoms. The van der Waals surface area contributed by atoms with E-state index in [9.17, 15) is 4.79 Å². The first kappa shape index (κ1) is 42.1. The van der Waals surface area contributed by atoms with E-state index in [2.05, 4.69) is 5.32 Å². The number of ether oxygens (including phenoxy) is 12. The lowest BCUT2D eigenvalue weighted by molar-refractivity contribution is -0.0273. The minimum atomic E-state index is -0.468. The Bertz CT molecular complexity index is 748. The second kappa shape index (κ2) is 35.9. The monoisotopic (exact) mass is 663 g/mol. The van der Waals surface area contributed by atoms with Crippen LogP contribution in [0.4, 0.5) is 4.79 Å². The molecule has 0 fully saturated rings. The third-order valence-electron chi connectivity index (χ3n) is 5.65. The summed E-state index contributed by atoms with van der Waals surface area (Å²) in [6.07, 6.45) is -0.468. The number of rotatable bonds is 36. The standard InChI is InChI=1S/C32H57NO13/c1-2-35-10-11-37-14-15-39-18-19-41-22-23-43-26-27-45-29-28-44-25-24-42-21-20-40-17-16-38-13-12-36-9-8-33-32(34)46-30-31-6-4-3-5-7-31/h3-7H,2,8-30H2,1H3,(H,33,34). The molecule has 46 heavy (non-hydrogen) atoms. The molecule has 0 aliphatic rings. The van der Waals surface area contributed by atoms with E-state index in [1.165, 1.54) is 0 Å². The highest BCUT2D eigenvalue weighted by Gasteiger charge is 2.02. The molecule has 0 spiro atoms. The molecule has 1 rings (SSSR count). The summed E-state index contributed by atoms with van der Waals surface area (Å²) in [6, 6.07) is 9.51. The van der Waals surface area contributed by atoms with Crippen LogP contribution in [0.2, 0.25) is 0 Å². The van der Waals surface area contributed by atoms with Crippen molar-refractivity contribution >= 4 is 6.09 Å². The van der Waals surface area contributed by atoms with Gasteiger partial charge in [0.1, 0.15) is 6.61 Å². The maximum Gasteiger partial charge on any atom is 0.407 e. The van der Waals surface area contributed by atoms with E-state index in [1.54, 1.807) is 0 Å². The summed E-state index contributed by atoms with van der Waals surface area (Å²) in [6.45, 7) is 13.9. The van der Waals surface area contributed by atoms with Crippen LogP contribution < -0.4 is 5.32 Å². The van der Waals surface area contributed by atoms with Crippen molar-refractivity contribution in [3.63, 3.8) is 0 Å². The number of carbonyl (C=O) groups is 1. The highest BCUT2D eigenvalue weighted by atomic mass is 16.6. The molecule has 0 bridgehead atoms. The van der Waals surface area contributed by atoms with E-state index in [0.717, 1.165) is 5.56 Å². The van der Waals surface area contributed by atoms with Gasteiger partial charge < -0.3 is 62.2 Å². The van der Waals surface area contributed by atoms with E-state index in [1.807, 2.05) is 37.3 Å². The number of amides is 1. The van der Waals surface area contributed by atoms with Crippen LogP contribution in [0.3, 0.4) is 0 Å². The molecule has 0 aromatic heterocycles. The van der Waals surface area contributed by atoms with Gasteiger partial charge in [-0.1, -0.05) is 30.3 Å². The number of alkyl carbamates (subject to hydrolysis) is 1. The van der Waals surface area contributed by atoms with Crippen LogP contribution in [-0.2, 0) is 63.4 Å². The number of hydrogen-bond donors (Lipinski definition) is 1. The molecular weight excluding hydrogens is 606 g/mol. The average Bonchev–Trinajstić information content (AvgIpc) is 3.08. The third-order valence-corrected chi connectivity index (χ3v) is 5.65. The zero-order chi connectivity index (χ0) is 32.9. The van der Waals surface area contributed by atoms with Crippen molar-refractivity contribution in [1.82, 2.24) is 5.32 Å². The predicted octanol–water partition coefficient (Wildman–Crippen LogP) is 2.12. The Balaban J connectivity index is 1.64. The van der Waals surface area contributed by atoms with E-state index in [4.69, 9.17) is 56.8 Å². The number of benzene rings is 1. The van der Waals surface area contributed by atoms with Crippen LogP contribution >= 0.6 is 0 Å². The predicted molar refractivity (Wildman–Crippen MR) is 169 cm³/mol. The van der Waals surface area contributed by atoms with Crippen LogP contribution in [-0.4, -0.2) is 158 Å². The van der Waals surface area contributed by atoms with Crippen molar-refractivity contribution in [2.45, 2.75) is 13.5 Å². The smallest absolute Gasteiger partial charge is 0.407 e. The largest absolute Gasteiger partial charge is 0.445 e. The van der Waals surface area contributed by atoms with Crippen LogP contribution in [0.1, 0.15) is 12.5 Å². The first-order valence-corrected chi connectivity index (χ1v) is 16.1. The topological polar surface area (TPSA) is 140 Å². The minimum absolute atomic E-state index is 0.238. The van der Waals surface area contributed by atoms with Crippen molar-refractivity contribution < 1.29 is 61.6 Å². The maximum absolute atomic E-state index is 11.6. The minimum Gasteiger partial charge on any atom is -0.445 e. The molecule has 0 aliphatic carbocycles. The van der Waals surface area contributed by atoms with Gasteiger partial charge in [-0.25, -0.2) is 4.79 Å². The summed E-state index contributed by atoms with van der Waals surface area (Å²) in [5.74, 6) is 0. The van der Waals surface area contributed by atoms with E-state index in [0.29, 0.717) is 152 Å². The lowest BCUT2D eigenvalue weighted by atomic mass is 10.2. The van der Waals surface area contributed by atoms with Gasteiger partial charge in [0.15, 0.2) is 0 Å². The molecule has 0 heterocycles. The molecule has 1 aromatic carbocycles. The number of carbonyl (C=O) groups excluding carboxylic acids is 1. The lowest BCUT2D eigenvalue weighted by Crippen LogP contribution is -2.28. The Labute approximate surface area is 274 Å². The Hall–Kier alpha value is -1.95. The van der Waals surface area contributed by atoms with Crippen molar-refractivity contribution in [2.24, 2.45) is 0 Å². The number of hydrogen-bond acceptors (Lipinski definition) is 13. The Morgan fingerprint density at radius 1 is 0.457 bits per heavy atom. The second-order valence-electron chi connectivity index (χ2n) is 9.31. The van der Waals surface area contributed by atoms with Gasteiger partial charge in [-0.05, 0) is 12.5 Å². The normalized spacial score (nSPS) is 11.2. The van der Waals surface area contributed by atoms with E-state index in [-0.39, 0.29) is 6.61 Å². The zero-order valence-electron chi connectivity index (χ0n) is 27.7. The fourth-order valence-electron chi connectivity index (χ4n) is 3.34. The van der Waals surface area contributed by atoms with Crippen molar-refractivity contribution in [1.29, 1.82) is 0 Å². The van der Waals surface area contributed by atoms with Gasteiger partial charge in [0.05, 0.1) is 139 Å². The van der Waals surface area contributed by atoms with Gasteiger partial charge in [0.2, 0.25) is 0 Å². The van der Waals surface area contributed by atoms with Crippen molar-refractivity contribution in [3.8, 4) is 0 Å². The molecule has 0 saturated heterocycles. The zero-order valence-corrected chi connectivity index (χ0v) is 27.7. The van der Waals surface area contributed by atoms with Gasteiger partial charge in [-0.15, -0.1) is 0 Å². The molecule has 14 nitrogen and oxygen atoms in total. The Kier molecular flexibility index (Phi) is 32.8. The molecule has 1 N–H and O–H groups in total. The van der Waals surface area contributed by atoms with Crippen LogP contribution in [0.15, 0.2) is 30.3 Å². The van der Waals surface area contributed by atoms with Crippen molar-refractivity contribution in [3.05, 3.63) is 35.9 Å². The molecule has 0 aliphatic heterocycles. The fraction of sp³-hybridized carbons (Fsp3) is 0.781. The molecule has 0 radical (unpaired) electrons. The van der Waals surface area contributed by atoms with Gasteiger partial charge in [0.25, 0.3) is 0 Å². The molecule has 1 aromatic rings. The van der Waals surface area contributed by atoms with Gasteiger partial charge >= 0.3 is 6.09 Å². The van der Waals surface area contributed by atoms with Gasteiger partial charge in [0, 0.05) is 13.2 Å². The van der Waals surface area contributed by atoms with Crippen LogP contribution in [0.25, 0.3) is 0 Å². The third kappa shape index (κ3) is 32.0. The lowest BCUT2D eigenvalue weighted by Gasteiger charge is -2.09. The first-order chi connectivity index (χ1) is 22.8. The fourth-order valence-corrected chi connectivity index (χ4v) is 3.34. The number of nitrogens with one attached hydrogen (secondary N) is 1. The Morgan fingerprint density at radius 3 is 1.09 bits per heavy atom. The highest BCUT2D eigenvalue weighted by Crippen LogP contribution is 2.00. The maximum atomic E-state index is 11.6. The molecule has 1 amide bonds. The van der Waals surface area contributed by atoms with Gasteiger partial charge in [-0.2, -0.15) is 0 Å². The first-order valence-electron chi connectivity index (χ1n) is 16.1. The summed E-state index contributed by atoms with van der Waals surface area (Å²) in [7, 11) is 0. The second-order valence-corrected chi connectivity index (χ2v) is 9.31. The van der Waals surface area contributed by atoms with Crippen LogP contribution in [0, 0.1) is 0 Å². The molecular formula is C32H57NO13. The summed E-state index contributed by atoms with van der Waals surface area (Å²) in [4.78, 5) is 11.6. The van der Waals surface area contributed by atoms with E-state index < -0.39 is 6.09 Å². The van der Waals surface area contributed by atoms with Crippen LogP contribution in [0.5, 0.6) is 0 Å². The summed E-state index contributed by atoms with van der Waals surface area (Å²) >= 11 is 0. The molecule has 0 saturated carbocycles. The summed E-state index contributed by atoms with van der Waals surface area (Å²) in [5.41, 5.74) is 0.938. The Morgan fingerprint density at radius 2 is 0.761 bits per heavy atom. The highest BCUT2D eigenvalue weighted by molar-refractivity contribution is 5.67. The van der Waals surface area contributed by atoms with E-state index >= 15 is 0 Å². The van der Waals surface area contributed by atoms with Gasteiger partial charge in [-0.3, -0.25) is 0 Å². The molecule has 0 unspecified atom stereocenters. The quantitative estimate of drug-likeness (QED) is 0.105.